The van der Waals surface area contributed by atoms with Crippen LogP contribution in [-0.2, 0) is 0 Å². The number of hydrogen-bond donors (Lipinski definition) is 0. The van der Waals surface area contributed by atoms with E-state index in [9.17, 15) is 9.18 Å². The number of ether oxygens (including phenoxy) is 2. The van der Waals surface area contributed by atoms with Crippen LogP contribution in [0.1, 0.15) is 22.8 Å². The molecule has 0 spiro atoms. The molecule has 0 fully saturated rings. The Morgan fingerprint density at radius 3 is 2.88 bits per heavy atom. The highest BCUT2D eigenvalue weighted by atomic mass is 32.2. The van der Waals surface area contributed by atoms with Gasteiger partial charge in [0.25, 0.3) is 0 Å². The normalized spacial score (nSPS) is 15.3. The van der Waals surface area contributed by atoms with E-state index in [1.807, 2.05) is 25.1 Å². The Balaban J connectivity index is 2.01. The lowest BCUT2D eigenvalue weighted by atomic mass is 10.0. The number of methoxy groups -OCH3 is 1. The summed E-state index contributed by atoms with van der Waals surface area (Å²) in [4.78, 5) is 13.5. The first kappa shape index (κ1) is 16.6. The second-order valence-electron chi connectivity index (χ2n) is 5.24. The van der Waals surface area contributed by atoms with Crippen molar-refractivity contribution in [3.05, 3.63) is 58.9 Å². The average Bonchev–Trinajstić information content (AvgIpc) is 2.58. The topological polar surface area (TPSA) is 35.5 Å². The molecule has 0 saturated carbocycles. The van der Waals surface area contributed by atoms with E-state index in [1.54, 1.807) is 19.3 Å². The van der Waals surface area contributed by atoms with Gasteiger partial charge in [0, 0.05) is 27.3 Å². The van der Waals surface area contributed by atoms with Crippen LogP contribution >= 0.6 is 11.8 Å². The average molecular weight is 344 g/mol. The largest absolute Gasteiger partial charge is 0.492 e. The van der Waals surface area contributed by atoms with Crippen LogP contribution in [0.3, 0.4) is 0 Å². The third kappa shape index (κ3) is 3.17. The fourth-order valence-electron chi connectivity index (χ4n) is 2.63. The molecule has 0 N–H and O–H groups in total. The lowest BCUT2D eigenvalue weighted by Crippen LogP contribution is -2.12. The van der Waals surface area contributed by atoms with Gasteiger partial charge in [-0.15, -0.1) is 11.8 Å². The summed E-state index contributed by atoms with van der Waals surface area (Å²) in [5.74, 6) is 1.22. The molecule has 0 saturated heterocycles. The Labute approximate surface area is 144 Å². The predicted octanol–water partition coefficient (Wildman–Crippen LogP) is 4.61. The molecule has 5 heteroatoms. The summed E-state index contributed by atoms with van der Waals surface area (Å²) < 4.78 is 24.5. The molecule has 0 radical (unpaired) electrons. The number of para-hydroxylation sites is 1. The third-order valence-corrected chi connectivity index (χ3v) is 4.83. The van der Waals surface area contributed by atoms with E-state index in [-0.39, 0.29) is 5.78 Å². The molecule has 2 aromatic rings. The van der Waals surface area contributed by atoms with Gasteiger partial charge in [0.1, 0.15) is 5.82 Å². The standard InChI is InChI=1S/C19H17FO3S/c1-3-23-16-6-4-5-12(19(16)22-2)9-13-11-24-17-8-7-14(20)10-15(17)18(13)21/h4-10H,3,11H2,1-2H3/b13-9+. The van der Waals surface area contributed by atoms with E-state index in [4.69, 9.17) is 9.47 Å². The van der Waals surface area contributed by atoms with Crippen molar-refractivity contribution >= 4 is 23.6 Å². The molecule has 0 bridgehead atoms. The zero-order valence-electron chi connectivity index (χ0n) is 13.5. The molecule has 1 aliphatic rings. The van der Waals surface area contributed by atoms with Crippen molar-refractivity contribution in [1.29, 1.82) is 0 Å². The Kier molecular flexibility index (Phi) is 4.90. The highest BCUT2D eigenvalue weighted by Crippen LogP contribution is 2.37. The highest BCUT2D eigenvalue weighted by molar-refractivity contribution is 7.99. The SMILES string of the molecule is CCOc1cccc(/C=C2\CSc3ccc(F)cc3C2=O)c1OC. The van der Waals surface area contributed by atoms with Gasteiger partial charge in [-0.2, -0.15) is 0 Å². The van der Waals surface area contributed by atoms with E-state index in [0.29, 0.717) is 35.0 Å². The minimum absolute atomic E-state index is 0.146. The first-order valence-corrected chi connectivity index (χ1v) is 8.60. The lowest BCUT2D eigenvalue weighted by Gasteiger charge is -2.18. The molecule has 124 valence electrons. The van der Waals surface area contributed by atoms with Crippen molar-refractivity contribution in [2.24, 2.45) is 0 Å². The maximum Gasteiger partial charge on any atom is 0.191 e. The number of ketones is 1. The van der Waals surface area contributed by atoms with Gasteiger partial charge < -0.3 is 9.47 Å². The fourth-order valence-corrected chi connectivity index (χ4v) is 3.63. The summed E-state index contributed by atoms with van der Waals surface area (Å²) in [5.41, 5.74) is 1.80. The number of benzene rings is 2. The predicted molar refractivity (Wildman–Crippen MR) is 93.6 cm³/mol. The minimum Gasteiger partial charge on any atom is -0.492 e. The Morgan fingerprint density at radius 1 is 1.29 bits per heavy atom. The summed E-state index contributed by atoms with van der Waals surface area (Å²) in [6, 6.07) is 9.88. The molecule has 0 aromatic heterocycles. The van der Waals surface area contributed by atoms with Crippen molar-refractivity contribution in [1.82, 2.24) is 0 Å². The molecule has 2 aromatic carbocycles. The first-order valence-electron chi connectivity index (χ1n) is 7.61. The molecule has 0 atom stereocenters. The number of Topliss-reactive ketones (excluding diaryl/α,β-unsaturated/α-hetero) is 1. The number of fused-ring (bicyclic) bond motifs is 1. The van der Waals surface area contributed by atoms with Crippen LogP contribution in [0.4, 0.5) is 4.39 Å². The van der Waals surface area contributed by atoms with Crippen molar-refractivity contribution in [3.63, 3.8) is 0 Å². The summed E-state index contributed by atoms with van der Waals surface area (Å²) in [5, 5.41) is 0. The third-order valence-electron chi connectivity index (χ3n) is 3.70. The number of halogens is 1. The zero-order chi connectivity index (χ0) is 17.1. The van der Waals surface area contributed by atoms with E-state index in [2.05, 4.69) is 0 Å². The molecule has 0 amide bonds. The summed E-state index contributed by atoms with van der Waals surface area (Å²) in [6.07, 6.45) is 1.80. The number of hydrogen-bond acceptors (Lipinski definition) is 4. The second-order valence-corrected chi connectivity index (χ2v) is 6.26. The number of thioether (sulfide) groups is 1. The molecule has 1 aliphatic heterocycles. The van der Waals surface area contributed by atoms with Gasteiger partial charge >= 0.3 is 0 Å². The molecule has 1 heterocycles. The summed E-state index contributed by atoms with van der Waals surface area (Å²) >= 11 is 1.53. The van der Waals surface area contributed by atoms with E-state index >= 15 is 0 Å². The highest BCUT2D eigenvalue weighted by Gasteiger charge is 2.23. The fraction of sp³-hybridized carbons (Fsp3) is 0.211. The van der Waals surface area contributed by atoms with Gasteiger partial charge in [-0.1, -0.05) is 12.1 Å². The minimum atomic E-state index is -0.403. The molecular weight excluding hydrogens is 327 g/mol. The van der Waals surface area contributed by atoms with Crippen LogP contribution < -0.4 is 9.47 Å². The molecule has 3 rings (SSSR count). The Morgan fingerprint density at radius 2 is 2.12 bits per heavy atom. The van der Waals surface area contributed by atoms with Gasteiger partial charge in [-0.3, -0.25) is 4.79 Å². The molecule has 3 nitrogen and oxygen atoms in total. The van der Waals surface area contributed by atoms with Crippen molar-refractivity contribution < 1.29 is 18.7 Å². The molecule has 24 heavy (non-hydrogen) atoms. The molecule has 0 aliphatic carbocycles. The number of carbonyl (C=O) groups excluding carboxylic acids is 1. The smallest absolute Gasteiger partial charge is 0.191 e. The van der Waals surface area contributed by atoms with Gasteiger partial charge in [0.2, 0.25) is 0 Å². The molecular formula is C19H17FO3S. The lowest BCUT2D eigenvalue weighted by molar-refractivity contribution is 0.103. The summed E-state index contributed by atoms with van der Waals surface area (Å²) in [6.45, 7) is 2.43. The van der Waals surface area contributed by atoms with Crippen LogP contribution in [0.5, 0.6) is 11.5 Å². The summed E-state index contributed by atoms with van der Waals surface area (Å²) in [7, 11) is 1.57. The van der Waals surface area contributed by atoms with E-state index < -0.39 is 5.82 Å². The first-order chi connectivity index (χ1) is 11.6. The van der Waals surface area contributed by atoms with Gasteiger partial charge in [0.15, 0.2) is 17.3 Å². The quantitative estimate of drug-likeness (QED) is 0.759. The van der Waals surface area contributed by atoms with Gasteiger partial charge in [-0.25, -0.2) is 4.39 Å². The van der Waals surface area contributed by atoms with Crippen LogP contribution in [0.15, 0.2) is 46.9 Å². The Bertz CT molecular complexity index is 814. The van der Waals surface area contributed by atoms with Crippen LogP contribution in [0, 0.1) is 5.82 Å². The number of rotatable bonds is 4. The van der Waals surface area contributed by atoms with Crippen LogP contribution in [0.25, 0.3) is 6.08 Å². The Hall–Kier alpha value is -2.27. The molecule has 0 unspecified atom stereocenters. The van der Waals surface area contributed by atoms with Crippen molar-refractivity contribution in [2.45, 2.75) is 11.8 Å². The maximum atomic E-state index is 13.5. The van der Waals surface area contributed by atoms with Crippen LogP contribution in [-0.4, -0.2) is 25.3 Å². The number of carbonyl (C=O) groups is 1. The van der Waals surface area contributed by atoms with Crippen molar-refractivity contribution in [2.75, 3.05) is 19.5 Å². The van der Waals surface area contributed by atoms with E-state index in [0.717, 1.165) is 10.5 Å². The maximum absolute atomic E-state index is 13.5. The van der Waals surface area contributed by atoms with Crippen LogP contribution in [0.2, 0.25) is 0 Å². The van der Waals surface area contributed by atoms with Gasteiger partial charge in [0.05, 0.1) is 13.7 Å². The monoisotopic (exact) mass is 344 g/mol. The van der Waals surface area contributed by atoms with Gasteiger partial charge in [-0.05, 0) is 37.3 Å². The van der Waals surface area contributed by atoms with Crippen molar-refractivity contribution in [3.8, 4) is 11.5 Å². The zero-order valence-corrected chi connectivity index (χ0v) is 14.3. The second kappa shape index (κ2) is 7.09. The van der Waals surface area contributed by atoms with E-state index in [1.165, 1.54) is 23.9 Å².